The summed E-state index contributed by atoms with van der Waals surface area (Å²) in [5, 5.41) is 9.05. The molecule has 1 aromatic carbocycles. The van der Waals surface area contributed by atoms with Gasteiger partial charge in [0.15, 0.2) is 0 Å². The van der Waals surface area contributed by atoms with Crippen molar-refractivity contribution in [1.82, 2.24) is 0 Å². The van der Waals surface area contributed by atoms with E-state index in [0.29, 0.717) is 6.42 Å². The Hall–Kier alpha value is -1.55. The molecule has 1 aliphatic carbocycles. The Balaban J connectivity index is 2.38. The first kappa shape index (κ1) is 11.0. The van der Waals surface area contributed by atoms with Gasteiger partial charge in [-0.1, -0.05) is 6.07 Å². The minimum atomic E-state index is -0.819. The lowest BCUT2D eigenvalue weighted by Gasteiger charge is -2.28. The van der Waals surface area contributed by atoms with Crippen molar-refractivity contribution in [2.45, 2.75) is 18.9 Å². The Bertz CT molecular complexity index is 417. The SMILES string of the molecule is COc1ccc2c(c1)C(N)C(C(=O)O)CC2. The van der Waals surface area contributed by atoms with E-state index in [9.17, 15) is 4.79 Å². The van der Waals surface area contributed by atoms with Gasteiger partial charge < -0.3 is 15.6 Å². The van der Waals surface area contributed by atoms with Crippen LogP contribution in [0.5, 0.6) is 5.75 Å². The molecule has 4 heteroatoms. The second-order valence-corrected chi connectivity index (χ2v) is 4.07. The van der Waals surface area contributed by atoms with Crippen LogP contribution in [0.4, 0.5) is 0 Å². The highest BCUT2D eigenvalue weighted by atomic mass is 16.5. The van der Waals surface area contributed by atoms with Gasteiger partial charge in [0, 0.05) is 6.04 Å². The molecule has 2 unspecified atom stereocenters. The van der Waals surface area contributed by atoms with Gasteiger partial charge in [-0.3, -0.25) is 4.79 Å². The summed E-state index contributed by atoms with van der Waals surface area (Å²) >= 11 is 0. The number of aryl methyl sites for hydroxylation is 1. The Morgan fingerprint density at radius 3 is 2.94 bits per heavy atom. The molecule has 0 spiro atoms. The Morgan fingerprint density at radius 2 is 2.31 bits per heavy atom. The Labute approximate surface area is 94.0 Å². The molecule has 86 valence electrons. The molecule has 1 aromatic rings. The van der Waals surface area contributed by atoms with Gasteiger partial charge in [-0.15, -0.1) is 0 Å². The van der Waals surface area contributed by atoms with Gasteiger partial charge in [-0.25, -0.2) is 0 Å². The number of methoxy groups -OCH3 is 1. The first-order chi connectivity index (χ1) is 7.63. The molecule has 0 heterocycles. The quantitative estimate of drug-likeness (QED) is 0.790. The van der Waals surface area contributed by atoms with Gasteiger partial charge in [0.2, 0.25) is 0 Å². The summed E-state index contributed by atoms with van der Waals surface area (Å²) < 4.78 is 5.12. The molecule has 0 saturated heterocycles. The number of carboxylic acid groups (broad SMARTS) is 1. The standard InChI is InChI=1S/C12H15NO3/c1-16-8-4-2-7-3-5-9(12(14)15)11(13)10(7)6-8/h2,4,6,9,11H,3,5,13H2,1H3,(H,14,15). The lowest BCUT2D eigenvalue weighted by atomic mass is 9.80. The number of carbonyl (C=O) groups is 1. The summed E-state index contributed by atoms with van der Waals surface area (Å²) in [5.74, 6) is -0.583. The summed E-state index contributed by atoms with van der Waals surface area (Å²) in [6, 6.07) is 5.25. The van der Waals surface area contributed by atoms with Crippen LogP contribution in [0.2, 0.25) is 0 Å². The van der Waals surface area contributed by atoms with Crippen molar-refractivity contribution < 1.29 is 14.6 Å². The molecule has 2 atom stereocenters. The summed E-state index contributed by atoms with van der Waals surface area (Å²) in [6.07, 6.45) is 1.37. The van der Waals surface area contributed by atoms with Crippen LogP contribution in [0, 0.1) is 5.92 Å². The summed E-state index contributed by atoms with van der Waals surface area (Å²) in [4.78, 5) is 11.0. The Morgan fingerprint density at radius 1 is 1.56 bits per heavy atom. The topological polar surface area (TPSA) is 72.5 Å². The smallest absolute Gasteiger partial charge is 0.308 e. The highest BCUT2D eigenvalue weighted by Crippen LogP contribution is 2.34. The molecule has 16 heavy (non-hydrogen) atoms. The Kier molecular flexibility index (Phi) is 2.83. The normalized spacial score (nSPS) is 23.6. The van der Waals surface area contributed by atoms with Crippen LogP contribution in [0.25, 0.3) is 0 Å². The molecular weight excluding hydrogens is 206 g/mol. The zero-order valence-electron chi connectivity index (χ0n) is 9.14. The molecule has 2 rings (SSSR count). The summed E-state index contributed by atoms with van der Waals surface area (Å²) in [6.45, 7) is 0. The highest BCUT2D eigenvalue weighted by molar-refractivity contribution is 5.72. The number of benzene rings is 1. The van der Waals surface area contributed by atoms with Crippen molar-refractivity contribution >= 4 is 5.97 Å². The van der Waals surface area contributed by atoms with E-state index in [1.807, 2.05) is 18.2 Å². The van der Waals surface area contributed by atoms with Crippen LogP contribution in [-0.2, 0) is 11.2 Å². The molecule has 0 bridgehead atoms. The van der Waals surface area contributed by atoms with E-state index in [1.165, 1.54) is 0 Å². The molecular formula is C12H15NO3. The fourth-order valence-corrected chi connectivity index (χ4v) is 2.22. The van der Waals surface area contributed by atoms with Crippen molar-refractivity contribution in [2.24, 2.45) is 11.7 Å². The van der Waals surface area contributed by atoms with Crippen molar-refractivity contribution in [2.75, 3.05) is 7.11 Å². The summed E-state index contributed by atoms with van der Waals surface area (Å²) in [7, 11) is 1.59. The van der Waals surface area contributed by atoms with E-state index in [0.717, 1.165) is 23.3 Å². The molecule has 0 radical (unpaired) electrons. The van der Waals surface area contributed by atoms with Gasteiger partial charge in [-0.2, -0.15) is 0 Å². The van der Waals surface area contributed by atoms with Gasteiger partial charge >= 0.3 is 5.97 Å². The molecule has 4 nitrogen and oxygen atoms in total. The molecule has 3 N–H and O–H groups in total. The van der Waals surface area contributed by atoms with E-state index in [-0.39, 0.29) is 0 Å². The lowest BCUT2D eigenvalue weighted by molar-refractivity contribution is -0.143. The van der Waals surface area contributed by atoms with Crippen LogP contribution in [0.15, 0.2) is 18.2 Å². The van der Waals surface area contributed by atoms with Crippen molar-refractivity contribution in [3.63, 3.8) is 0 Å². The predicted molar refractivity (Wildman–Crippen MR) is 59.4 cm³/mol. The fourth-order valence-electron chi connectivity index (χ4n) is 2.22. The second-order valence-electron chi connectivity index (χ2n) is 4.07. The molecule has 0 amide bonds. The number of nitrogens with two attached hydrogens (primary N) is 1. The van der Waals surface area contributed by atoms with E-state index in [1.54, 1.807) is 7.11 Å². The lowest BCUT2D eigenvalue weighted by Crippen LogP contribution is -2.32. The average molecular weight is 221 g/mol. The van der Waals surface area contributed by atoms with Crippen LogP contribution < -0.4 is 10.5 Å². The minimum Gasteiger partial charge on any atom is -0.497 e. The molecule has 0 aromatic heterocycles. The van der Waals surface area contributed by atoms with Crippen LogP contribution in [0.1, 0.15) is 23.6 Å². The number of hydrogen-bond acceptors (Lipinski definition) is 3. The van der Waals surface area contributed by atoms with E-state index >= 15 is 0 Å². The predicted octanol–water partition coefficient (Wildman–Crippen LogP) is 1.34. The van der Waals surface area contributed by atoms with Gasteiger partial charge in [0.25, 0.3) is 0 Å². The number of carboxylic acids is 1. The van der Waals surface area contributed by atoms with Gasteiger partial charge in [-0.05, 0) is 36.1 Å². The monoisotopic (exact) mass is 221 g/mol. The number of hydrogen-bond donors (Lipinski definition) is 2. The number of rotatable bonds is 2. The zero-order valence-corrected chi connectivity index (χ0v) is 9.14. The maximum atomic E-state index is 11.0. The van der Waals surface area contributed by atoms with Crippen molar-refractivity contribution in [1.29, 1.82) is 0 Å². The van der Waals surface area contributed by atoms with E-state index in [4.69, 9.17) is 15.6 Å². The fraction of sp³-hybridized carbons (Fsp3) is 0.417. The largest absolute Gasteiger partial charge is 0.497 e. The molecule has 1 aliphatic rings. The zero-order chi connectivity index (χ0) is 11.7. The number of ether oxygens (including phenoxy) is 1. The summed E-state index contributed by atoms with van der Waals surface area (Å²) in [5.41, 5.74) is 8.01. The number of fused-ring (bicyclic) bond motifs is 1. The first-order valence-electron chi connectivity index (χ1n) is 5.28. The molecule has 0 aliphatic heterocycles. The third-order valence-electron chi connectivity index (χ3n) is 3.19. The van der Waals surface area contributed by atoms with E-state index < -0.39 is 17.9 Å². The van der Waals surface area contributed by atoms with Gasteiger partial charge in [0.1, 0.15) is 5.75 Å². The highest BCUT2D eigenvalue weighted by Gasteiger charge is 2.31. The second kappa shape index (κ2) is 4.14. The minimum absolute atomic E-state index is 0.434. The van der Waals surface area contributed by atoms with Crippen molar-refractivity contribution in [3.8, 4) is 5.75 Å². The maximum Gasteiger partial charge on any atom is 0.308 e. The molecule has 0 fully saturated rings. The van der Waals surface area contributed by atoms with Crippen LogP contribution in [-0.4, -0.2) is 18.2 Å². The maximum absolute atomic E-state index is 11.0. The van der Waals surface area contributed by atoms with E-state index in [2.05, 4.69) is 0 Å². The van der Waals surface area contributed by atoms with Gasteiger partial charge in [0.05, 0.1) is 13.0 Å². The average Bonchev–Trinajstić information content (AvgIpc) is 2.28. The first-order valence-corrected chi connectivity index (χ1v) is 5.28. The van der Waals surface area contributed by atoms with Crippen molar-refractivity contribution in [3.05, 3.63) is 29.3 Å². The number of aliphatic carboxylic acids is 1. The van der Waals surface area contributed by atoms with Crippen LogP contribution in [0.3, 0.4) is 0 Å². The van der Waals surface area contributed by atoms with Crippen LogP contribution >= 0.6 is 0 Å². The third kappa shape index (κ3) is 1.76. The molecule has 0 saturated carbocycles. The third-order valence-corrected chi connectivity index (χ3v) is 3.19.